The maximum atomic E-state index is 14.8. The molecule has 3 heterocycles. The van der Waals surface area contributed by atoms with Crippen LogP contribution in [0.3, 0.4) is 0 Å². The Hall–Kier alpha value is -3.92. The lowest BCUT2D eigenvalue weighted by molar-refractivity contribution is 0.238. The molecule has 10 heteroatoms. The molecule has 0 aliphatic carbocycles. The molecule has 0 bridgehead atoms. The molecule has 192 valence electrons. The monoisotopic (exact) mass is 513 g/mol. The topological polar surface area (TPSA) is 60.5 Å². The van der Waals surface area contributed by atoms with E-state index in [1.807, 2.05) is 7.05 Å². The third-order valence-corrected chi connectivity index (χ3v) is 6.54. The van der Waals surface area contributed by atoms with E-state index in [2.05, 4.69) is 9.88 Å². The Bertz CT molecular complexity index is 1500. The van der Waals surface area contributed by atoms with E-state index in [1.165, 1.54) is 25.4 Å². The molecule has 2 aromatic heterocycles. The summed E-state index contributed by atoms with van der Waals surface area (Å²) in [5, 5.41) is 0. The molecule has 1 aliphatic rings. The predicted octanol–water partition coefficient (Wildman–Crippen LogP) is 5.53. The van der Waals surface area contributed by atoms with Gasteiger partial charge in [0, 0.05) is 41.9 Å². The molecule has 0 atom stereocenters. The molecule has 0 spiro atoms. The normalized spacial score (nSPS) is 14.8. The smallest absolute Gasteiger partial charge is 0.255 e. The minimum atomic E-state index is -1.01. The van der Waals surface area contributed by atoms with Crippen molar-refractivity contribution in [2.24, 2.45) is 0 Å². The molecule has 5 rings (SSSR count). The number of oxazole rings is 1. The van der Waals surface area contributed by atoms with Crippen LogP contribution in [0.2, 0.25) is 0 Å². The number of piperidine rings is 1. The van der Waals surface area contributed by atoms with Crippen LogP contribution in [-0.4, -0.2) is 41.7 Å². The summed E-state index contributed by atoms with van der Waals surface area (Å²) < 4.78 is 69.8. The van der Waals surface area contributed by atoms with Crippen molar-refractivity contribution in [2.75, 3.05) is 27.2 Å². The molecule has 1 aliphatic heterocycles. The van der Waals surface area contributed by atoms with E-state index in [4.69, 9.17) is 9.15 Å². The second-order valence-corrected chi connectivity index (χ2v) is 9.00. The highest BCUT2D eigenvalue weighted by Crippen LogP contribution is 2.38. The first-order valence-electron chi connectivity index (χ1n) is 11.7. The quantitative estimate of drug-likeness (QED) is 0.328. The maximum absolute atomic E-state index is 14.8. The minimum Gasteiger partial charge on any atom is -0.497 e. The summed E-state index contributed by atoms with van der Waals surface area (Å²) in [6, 6.07) is 7.55. The Labute approximate surface area is 209 Å². The Balaban J connectivity index is 1.67. The van der Waals surface area contributed by atoms with Gasteiger partial charge in [-0.2, -0.15) is 0 Å². The van der Waals surface area contributed by atoms with Gasteiger partial charge in [-0.25, -0.2) is 22.5 Å². The highest BCUT2D eigenvalue weighted by molar-refractivity contribution is 5.77. The summed E-state index contributed by atoms with van der Waals surface area (Å²) in [5.41, 5.74) is -0.887. The lowest BCUT2D eigenvalue weighted by Gasteiger charge is -2.26. The number of hydrogen-bond acceptors (Lipinski definition) is 5. The van der Waals surface area contributed by atoms with E-state index >= 15 is 0 Å². The van der Waals surface area contributed by atoms with Crippen molar-refractivity contribution in [1.29, 1.82) is 0 Å². The molecule has 6 nitrogen and oxygen atoms in total. The van der Waals surface area contributed by atoms with Gasteiger partial charge in [0.15, 0.2) is 23.3 Å². The number of rotatable bonds is 5. The number of hydrogen-bond donors (Lipinski definition) is 0. The standard InChI is InChI=1S/C27H23F4N3O3/c1-33-9-7-15(8-10-33)27-32-24(26(37-27)19-5-4-17(28)11-20(19)29)16-3-6-23(35)34(14-16)25-21(30)12-18(36-2)13-22(25)31/h3-6,11-15H,7-10H2,1-2H3. The Morgan fingerprint density at radius 2 is 1.68 bits per heavy atom. The minimum absolute atomic E-state index is 0.0253. The van der Waals surface area contributed by atoms with Gasteiger partial charge in [-0.05, 0) is 51.2 Å². The molecule has 0 amide bonds. The SMILES string of the molecule is COc1cc(F)c(-n2cc(-c3nc(C4CCN(C)CC4)oc3-c3ccc(F)cc3F)ccc2=O)c(F)c1. The third-order valence-electron chi connectivity index (χ3n) is 6.54. The first-order chi connectivity index (χ1) is 17.7. The fraction of sp³-hybridized carbons (Fsp3) is 0.259. The highest BCUT2D eigenvalue weighted by Gasteiger charge is 2.28. The van der Waals surface area contributed by atoms with Gasteiger partial charge in [0.05, 0.1) is 12.7 Å². The summed E-state index contributed by atoms with van der Waals surface area (Å²) >= 11 is 0. The van der Waals surface area contributed by atoms with Gasteiger partial charge in [-0.3, -0.25) is 9.36 Å². The van der Waals surface area contributed by atoms with Gasteiger partial charge in [0.25, 0.3) is 5.56 Å². The van der Waals surface area contributed by atoms with E-state index in [0.29, 0.717) is 5.89 Å². The van der Waals surface area contributed by atoms with E-state index in [-0.39, 0.29) is 34.2 Å². The molecule has 0 unspecified atom stereocenters. The number of nitrogens with zero attached hydrogens (tertiary/aromatic N) is 3. The fourth-order valence-electron chi connectivity index (χ4n) is 4.51. The molecule has 37 heavy (non-hydrogen) atoms. The Morgan fingerprint density at radius 3 is 2.32 bits per heavy atom. The number of likely N-dealkylation sites (tertiary alicyclic amines) is 1. The molecule has 1 saturated heterocycles. The Morgan fingerprint density at radius 1 is 0.973 bits per heavy atom. The zero-order valence-electron chi connectivity index (χ0n) is 20.1. The van der Waals surface area contributed by atoms with E-state index in [1.54, 1.807) is 0 Å². The summed E-state index contributed by atoms with van der Waals surface area (Å²) in [4.78, 5) is 19.5. The largest absolute Gasteiger partial charge is 0.497 e. The number of ether oxygens (including phenoxy) is 1. The lowest BCUT2D eigenvalue weighted by atomic mass is 9.97. The molecule has 2 aromatic carbocycles. The van der Waals surface area contributed by atoms with Gasteiger partial charge in [0.2, 0.25) is 0 Å². The van der Waals surface area contributed by atoms with Crippen LogP contribution in [0.4, 0.5) is 17.6 Å². The first kappa shape index (κ1) is 24.8. The summed E-state index contributed by atoms with van der Waals surface area (Å²) in [6.45, 7) is 1.65. The van der Waals surface area contributed by atoms with E-state index < -0.39 is 34.5 Å². The molecular weight excluding hydrogens is 490 g/mol. The Kier molecular flexibility index (Phi) is 6.59. The van der Waals surface area contributed by atoms with Gasteiger partial charge in [0.1, 0.15) is 28.8 Å². The molecule has 4 aromatic rings. The maximum Gasteiger partial charge on any atom is 0.255 e. The molecule has 0 N–H and O–H groups in total. The third kappa shape index (κ3) is 4.76. The molecular formula is C27H23F4N3O3. The van der Waals surface area contributed by atoms with Crippen molar-refractivity contribution < 1.29 is 26.7 Å². The van der Waals surface area contributed by atoms with Gasteiger partial charge < -0.3 is 14.1 Å². The van der Waals surface area contributed by atoms with Crippen molar-refractivity contribution in [2.45, 2.75) is 18.8 Å². The summed E-state index contributed by atoms with van der Waals surface area (Å²) in [5.74, 6) is -3.29. The highest BCUT2D eigenvalue weighted by atomic mass is 19.1. The summed E-state index contributed by atoms with van der Waals surface area (Å²) in [6.07, 6.45) is 2.75. The van der Waals surface area contributed by atoms with Gasteiger partial charge in [-0.1, -0.05) is 0 Å². The van der Waals surface area contributed by atoms with Crippen LogP contribution >= 0.6 is 0 Å². The number of halogens is 4. The van der Waals surface area contributed by atoms with Crippen molar-refractivity contribution in [1.82, 2.24) is 14.5 Å². The average Bonchev–Trinajstić information content (AvgIpc) is 3.30. The molecule has 0 saturated carbocycles. The number of pyridine rings is 1. The lowest BCUT2D eigenvalue weighted by Crippen LogP contribution is -2.29. The average molecular weight is 513 g/mol. The van der Waals surface area contributed by atoms with E-state index in [0.717, 1.165) is 60.8 Å². The van der Waals surface area contributed by atoms with Crippen LogP contribution in [0.1, 0.15) is 24.7 Å². The number of aromatic nitrogens is 2. The van der Waals surface area contributed by atoms with Crippen LogP contribution in [0.25, 0.3) is 28.3 Å². The van der Waals surface area contributed by atoms with Crippen molar-refractivity contribution in [3.05, 3.63) is 88.2 Å². The zero-order valence-corrected chi connectivity index (χ0v) is 20.1. The molecule has 1 fully saturated rings. The van der Waals surface area contributed by atoms with Crippen LogP contribution in [-0.2, 0) is 0 Å². The first-order valence-corrected chi connectivity index (χ1v) is 11.7. The summed E-state index contributed by atoms with van der Waals surface area (Å²) in [7, 11) is 3.28. The second kappa shape index (κ2) is 9.85. The number of methoxy groups -OCH3 is 1. The van der Waals surface area contributed by atoms with Crippen LogP contribution in [0.15, 0.2) is 57.9 Å². The molecule has 0 radical (unpaired) electrons. The van der Waals surface area contributed by atoms with Gasteiger partial charge in [-0.15, -0.1) is 0 Å². The van der Waals surface area contributed by atoms with Crippen molar-refractivity contribution in [3.8, 4) is 34.0 Å². The predicted molar refractivity (Wildman–Crippen MR) is 129 cm³/mol. The van der Waals surface area contributed by atoms with E-state index in [9.17, 15) is 22.4 Å². The van der Waals surface area contributed by atoms with Gasteiger partial charge >= 0.3 is 0 Å². The zero-order chi connectivity index (χ0) is 26.3. The van der Waals surface area contributed by atoms with Crippen molar-refractivity contribution >= 4 is 0 Å². The number of benzene rings is 2. The van der Waals surface area contributed by atoms with Crippen LogP contribution in [0, 0.1) is 23.3 Å². The van der Waals surface area contributed by atoms with Crippen LogP contribution < -0.4 is 10.3 Å². The second-order valence-electron chi connectivity index (χ2n) is 9.00. The van der Waals surface area contributed by atoms with Crippen molar-refractivity contribution in [3.63, 3.8) is 0 Å². The van der Waals surface area contributed by atoms with Crippen LogP contribution in [0.5, 0.6) is 5.75 Å². The fourth-order valence-corrected chi connectivity index (χ4v) is 4.51.